The molecule has 1 aromatic carbocycles. The molecule has 0 atom stereocenters. The molecule has 0 radical (unpaired) electrons. The van der Waals surface area contributed by atoms with E-state index in [-0.39, 0.29) is 38.0 Å². The first-order valence-corrected chi connectivity index (χ1v) is 10.4. The lowest BCUT2D eigenvalue weighted by Crippen LogP contribution is -2.26. The van der Waals surface area contributed by atoms with Gasteiger partial charge < -0.3 is 14.8 Å². The summed E-state index contributed by atoms with van der Waals surface area (Å²) in [5, 5.41) is 23.3. The average Bonchev–Trinajstić information content (AvgIpc) is 3.08. The van der Waals surface area contributed by atoms with Crippen molar-refractivity contribution in [2.75, 3.05) is 0 Å². The molecule has 3 aromatic rings. The third-order valence-corrected chi connectivity index (χ3v) is 6.14. The Kier molecular flexibility index (Phi) is 6.64. The molecular weight excluding hydrogens is 542 g/mol. The van der Waals surface area contributed by atoms with Crippen molar-refractivity contribution in [3.63, 3.8) is 0 Å². The van der Waals surface area contributed by atoms with E-state index in [1.165, 1.54) is 22.8 Å². The van der Waals surface area contributed by atoms with Crippen LogP contribution in [-0.4, -0.2) is 30.5 Å². The van der Waals surface area contributed by atoms with Gasteiger partial charge in [0.2, 0.25) is 11.3 Å². The van der Waals surface area contributed by atoms with Gasteiger partial charge in [-0.3, -0.25) is 4.79 Å². The van der Waals surface area contributed by atoms with E-state index >= 15 is 0 Å². The molecule has 7 nitrogen and oxygen atoms in total. The number of aromatic nitrogens is 3. The first-order chi connectivity index (χ1) is 14.9. The zero-order valence-corrected chi connectivity index (χ0v) is 19.1. The van der Waals surface area contributed by atoms with E-state index in [0.29, 0.717) is 10.7 Å². The lowest BCUT2D eigenvalue weighted by atomic mass is 10.0. The fourth-order valence-electron chi connectivity index (χ4n) is 3.19. The van der Waals surface area contributed by atoms with Gasteiger partial charge in [-0.25, -0.2) is 9.48 Å². The molecule has 0 saturated heterocycles. The van der Waals surface area contributed by atoms with Crippen molar-refractivity contribution in [2.45, 2.75) is 26.2 Å². The van der Waals surface area contributed by atoms with Crippen LogP contribution < -0.4 is 5.43 Å². The zero-order chi connectivity index (χ0) is 24.0. The number of benzene rings is 1. The number of aromatic carboxylic acids is 1. The number of hydrogen-bond donors (Lipinski definition) is 2. The molecule has 0 aliphatic carbocycles. The minimum absolute atomic E-state index is 0.0237. The first-order valence-electron chi connectivity index (χ1n) is 8.84. The molecule has 2 aromatic heterocycles. The summed E-state index contributed by atoms with van der Waals surface area (Å²) in [6.45, 7) is 1.31. The van der Waals surface area contributed by atoms with E-state index < -0.39 is 41.3 Å². The van der Waals surface area contributed by atoms with E-state index in [9.17, 15) is 33.0 Å². The van der Waals surface area contributed by atoms with Gasteiger partial charge in [-0.05, 0) is 35.0 Å². The molecule has 3 rings (SSSR count). The van der Waals surface area contributed by atoms with Crippen LogP contribution in [0.25, 0.3) is 11.3 Å². The topological polar surface area (TPSA) is 97.4 Å². The molecule has 0 aliphatic heterocycles. The van der Waals surface area contributed by atoms with E-state index in [1.807, 2.05) is 0 Å². The standard InChI is InChI=1S/C19H13BrCl2F3N3O4/c1-2-27-11(7-28-13(29)6-12(26-28)19(23,24)25)15(20)17(30)14(18(31)32)16(27)8-3-4-9(21)10(22)5-8/h3-6,29H,2,7H2,1H3,(H,31,32). The Morgan fingerprint density at radius 3 is 2.38 bits per heavy atom. The Morgan fingerprint density at radius 2 is 1.88 bits per heavy atom. The van der Waals surface area contributed by atoms with Crippen molar-refractivity contribution in [2.24, 2.45) is 0 Å². The number of rotatable bonds is 5. The Balaban J connectivity index is 2.32. The quantitative estimate of drug-likeness (QED) is 0.447. The normalized spacial score (nSPS) is 11.7. The van der Waals surface area contributed by atoms with Gasteiger partial charge in [-0.2, -0.15) is 18.3 Å². The minimum Gasteiger partial charge on any atom is -0.493 e. The summed E-state index contributed by atoms with van der Waals surface area (Å²) in [6, 6.07) is 4.72. The highest BCUT2D eigenvalue weighted by atomic mass is 79.9. The lowest BCUT2D eigenvalue weighted by Gasteiger charge is -2.21. The summed E-state index contributed by atoms with van der Waals surface area (Å²) < 4.78 is 40.8. The first kappa shape index (κ1) is 24.1. The molecule has 13 heteroatoms. The number of aromatic hydroxyl groups is 1. The fourth-order valence-corrected chi connectivity index (χ4v) is 4.02. The van der Waals surface area contributed by atoms with Crippen LogP contribution in [0.1, 0.15) is 28.7 Å². The van der Waals surface area contributed by atoms with Gasteiger partial charge in [0, 0.05) is 18.2 Å². The van der Waals surface area contributed by atoms with Gasteiger partial charge in [-0.1, -0.05) is 29.3 Å². The molecule has 0 aliphatic rings. The second kappa shape index (κ2) is 8.80. The Labute approximate surface area is 196 Å². The molecule has 0 unspecified atom stereocenters. The molecule has 0 saturated carbocycles. The van der Waals surface area contributed by atoms with Crippen molar-refractivity contribution in [3.8, 4) is 17.1 Å². The summed E-state index contributed by atoms with van der Waals surface area (Å²) in [5.41, 5.74) is -2.46. The van der Waals surface area contributed by atoms with Crippen molar-refractivity contribution < 1.29 is 28.2 Å². The summed E-state index contributed by atoms with van der Waals surface area (Å²) in [7, 11) is 0. The molecule has 32 heavy (non-hydrogen) atoms. The highest BCUT2D eigenvalue weighted by Gasteiger charge is 2.35. The van der Waals surface area contributed by atoms with Crippen LogP contribution >= 0.6 is 39.1 Å². The summed E-state index contributed by atoms with van der Waals surface area (Å²) in [5.74, 6) is -2.29. The van der Waals surface area contributed by atoms with Crippen LogP contribution in [0.15, 0.2) is 33.5 Å². The summed E-state index contributed by atoms with van der Waals surface area (Å²) in [6.07, 6.45) is -4.79. The van der Waals surface area contributed by atoms with Crippen LogP contribution in [0.5, 0.6) is 5.88 Å². The highest BCUT2D eigenvalue weighted by molar-refractivity contribution is 9.10. The second-order valence-corrected chi connectivity index (χ2v) is 8.14. The van der Waals surface area contributed by atoms with Crippen LogP contribution in [0.3, 0.4) is 0 Å². The molecule has 0 amide bonds. The smallest absolute Gasteiger partial charge is 0.435 e. The largest absolute Gasteiger partial charge is 0.493 e. The maximum atomic E-state index is 13.0. The number of hydrogen-bond acceptors (Lipinski definition) is 4. The Morgan fingerprint density at radius 1 is 1.22 bits per heavy atom. The third kappa shape index (κ3) is 4.37. The van der Waals surface area contributed by atoms with Gasteiger partial charge in [0.05, 0.1) is 32.5 Å². The molecule has 0 bridgehead atoms. The molecule has 0 spiro atoms. The molecule has 2 N–H and O–H groups in total. The third-order valence-electron chi connectivity index (χ3n) is 4.58. The van der Waals surface area contributed by atoms with Crippen molar-refractivity contribution in [1.82, 2.24) is 14.3 Å². The number of alkyl halides is 3. The van der Waals surface area contributed by atoms with Gasteiger partial charge in [0.25, 0.3) is 0 Å². The zero-order valence-electron chi connectivity index (χ0n) is 16.0. The van der Waals surface area contributed by atoms with Crippen molar-refractivity contribution in [3.05, 3.63) is 66.0 Å². The van der Waals surface area contributed by atoms with Crippen LogP contribution in [0, 0.1) is 0 Å². The maximum absolute atomic E-state index is 13.0. The molecule has 2 heterocycles. The number of nitrogens with zero attached hydrogens (tertiary/aromatic N) is 3. The van der Waals surface area contributed by atoms with E-state index in [2.05, 4.69) is 21.0 Å². The van der Waals surface area contributed by atoms with Crippen LogP contribution in [0.4, 0.5) is 13.2 Å². The monoisotopic (exact) mass is 553 g/mol. The minimum atomic E-state index is -4.79. The number of carboxylic acids is 1. The summed E-state index contributed by atoms with van der Waals surface area (Å²) in [4.78, 5) is 24.9. The van der Waals surface area contributed by atoms with E-state index in [1.54, 1.807) is 6.92 Å². The van der Waals surface area contributed by atoms with Gasteiger partial charge in [0.1, 0.15) is 5.56 Å². The molecule has 0 fully saturated rings. The van der Waals surface area contributed by atoms with Crippen molar-refractivity contribution >= 4 is 45.1 Å². The second-order valence-electron chi connectivity index (χ2n) is 6.53. The van der Waals surface area contributed by atoms with Gasteiger partial charge in [-0.15, -0.1) is 0 Å². The predicted octanol–water partition coefficient (Wildman–Crippen LogP) is 5.27. The SMILES string of the molecule is CCn1c(Cn2nc(C(F)(F)F)cc2O)c(Br)c(=O)c(C(=O)O)c1-c1ccc(Cl)c(Cl)c1. The molecule has 170 valence electrons. The number of halogens is 6. The Bertz CT molecular complexity index is 1290. The fraction of sp³-hybridized carbons (Fsp3) is 0.211. The molecular formula is C19H13BrCl2F3N3O4. The summed E-state index contributed by atoms with van der Waals surface area (Å²) >= 11 is 15.1. The highest BCUT2D eigenvalue weighted by Crippen LogP contribution is 2.34. The lowest BCUT2D eigenvalue weighted by molar-refractivity contribution is -0.141. The predicted molar refractivity (Wildman–Crippen MR) is 114 cm³/mol. The van der Waals surface area contributed by atoms with Gasteiger partial charge >= 0.3 is 12.1 Å². The Hall–Kier alpha value is -2.50. The van der Waals surface area contributed by atoms with Crippen LogP contribution in [0.2, 0.25) is 10.0 Å². The van der Waals surface area contributed by atoms with Crippen molar-refractivity contribution in [1.29, 1.82) is 0 Å². The number of carboxylic acid groups (broad SMARTS) is 1. The van der Waals surface area contributed by atoms with Gasteiger partial charge in [0.15, 0.2) is 5.69 Å². The number of pyridine rings is 1. The van der Waals surface area contributed by atoms with E-state index in [0.717, 1.165) is 0 Å². The van der Waals surface area contributed by atoms with E-state index in [4.69, 9.17) is 23.2 Å². The maximum Gasteiger partial charge on any atom is 0.435 e. The average molecular weight is 555 g/mol. The van der Waals surface area contributed by atoms with Crippen LogP contribution in [-0.2, 0) is 19.3 Å². The number of carbonyl (C=O) groups is 1.